The third kappa shape index (κ3) is 1.85. The molecule has 0 fully saturated rings. The molecule has 4 heteroatoms. The number of aromatic nitrogens is 3. The molecule has 0 N–H and O–H groups in total. The van der Waals surface area contributed by atoms with Gasteiger partial charge in [-0.15, -0.1) is 16.4 Å². The Labute approximate surface area is 136 Å². The van der Waals surface area contributed by atoms with Gasteiger partial charge in [0.2, 0.25) is 0 Å². The SMILES string of the molecule is c1ccc2c(-c3nccc4sc5ccccc5c34)nncc2c1. The summed E-state index contributed by atoms with van der Waals surface area (Å²) in [7, 11) is 0. The predicted molar refractivity (Wildman–Crippen MR) is 95.7 cm³/mol. The van der Waals surface area contributed by atoms with Crippen molar-refractivity contribution in [1.82, 2.24) is 15.2 Å². The van der Waals surface area contributed by atoms with Crippen LogP contribution in [0.15, 0.2) is 67.0 Å². The molecule has 3 nitrogen and oxygen atoms in total. The van der Waals surface area contributed by atoms with E-state index in [4.69, 9.17) is 0 Å². The van der Waals surface area contributed by atoms with E-state index in [9.17, 15) is 0 Å². The van der Waals surface area contributed by atoms with Crippen molar-refractivity contribution in [2.24, 2.45) is 0 Å². The van der Waals surface area contributed by atoms with E-state index in [1.807, 2.05) is 18.3 Å². The van der Waals surface area contributed by atoms with Crippen molar-refractivity contribution in [3.8, 4) is 11.4 Å². The smallest absolute Gasteiger partial charge is 0.120 e. The van der Waals surface area contributed by atoms with Gasteiger partial charge in [0.15, 0.2) is 0 Å². The van der Waals surface area contributed by atoms with Crippen molar-refractivity contribution in [3.05, 3.63) is 67.0 Å². The molecule has 0 amide bonds. The summed E-state index contributed by atoms with van der Waals surface area (Å²) in [5, 5.41) is 13.1. The van der Waals surface area contributed by atoms with Crippen molar-refractivity contribution in [1.29, 1.82) is 0 Å². The second-order valence-corrected chi connectivity index (χ2v) is 6.50. The minimum atomic E-state index is 0.845. The molecule has 0 aliphatic rings. The van der Waals surface area contributed by atoms with Gasteiger partial charge in [-0.25, -0.2) is 0 Å². The normalized spacial score (nSPS) is 11.5. The number of thiophene rings is 1. The van der Waals surface area contributed by atoms with Crippen molar-refractivity contribution in [2.45, 2.75) is 0 Å². The number of rotatable bonds is 1. The maximum Gasteiger partial charge on any atom is 0.120 e. The van der Waals surface area contributed by atoms with E-state index in [-0.39, 0.29) is 0 Å². The molecule has 5 aromatic rings. The number of hydrogen-bond acceptors (Lipinski definition) is 4. The monoisotopic (exact) mass is 313 g/mol. The highest BCUT2D eigenvalue weighted by atomic mass is 32.1. The number of benzene rings is 2. The second-order valence-electron chi connectivity index (χ2n) is 5.41. The fourth-order valence-electron chi connectivity index (χ4n) is 3.05. The molecule has 0 saturated heterocycles. The number of fused-ring (bicyclic) bond motifs is 4. The third-order valence-electron chi connectivity index (χ3n) is 4.08. The van der Waals surface area contributed by atoms with Gasteiger partial charge in [-0.2, -0.15) is 5.10 Å². The van der Waals surface area contributed by atoms with E-state index < -0.39 is 0 Å². The van der Waals surface area contributed by atoms with Gasteiger partial charge in [0, 0.05) is 37.1 Å². The molecule has 23 heavy (non-hydrogen) atoms. The Hall–Kier alpha value is -2.85. The molecule has 0 aliphatic carbocycles. The Balaban J connectivity index is 1.96. The first-order chi connectivity index (χ1) is 11.4. The Morgan fingerprint density at radius 3 is 2.52 bits per heavy atom. The van der Waals surface area contributed by atoms with E-state index in [2.05, 4.69) is 57.6 Å². The molecule has 0 bridgehead atoms. The van der Waals surface area contributed by atoms with Crippen LogP contribution in [-0.2, 0) is 0 Å². The molecule has 0 radical (unpaired) electrons. The molecular weight excluding hydrogens is 302 g/mol. The summed E-state index contributed by atoms with van der Waals surface area (Å²) in [5.74, 6) is 0. The van der Waals surface area contributed by atoms with Crippen LogP contribution >= 0.6 is 11.3 Å². The molecular formula is C19H11N3S. The number of pyridine rings is 1. The van der Waals surface area contributed by atoms with Crippen LogP contribution in [0, 0.1) is 0 Å². The molecule has 2 aromatic carbocycles. The number of nitrogens with zero attached hydrogens (tertiary/aromatic N) is 3. The summed E-state index contributed by atoms with van der Waals surface area (Å²) >= 11 is 1.79. The van der Waals surface area contributed by atoms with Crippen LogP contribution in [0.4, 0.5) is 0 Å². The van der Waals surface area contributed by atoms with Crippen LogP contribution < -0.4 is 0 Å². The fourth-order valence-corrected chi connectivity index (χ4v) is 4.15. The second kappa shape index (κ2) is 4.83. The van der Waals surface area contributed by atoms with Gasteiger partial charge in [-0.05, 0) is 12.1 Å². The summed E-state index contributed by atoms with van der Waals surface area (Å²) in [4.78, 5) is 4.65. The molecule has 0 saturated carbocycles. The molecule has 0 atom stereocenters. The summed E-state index contributed by atoms with van der Waals surface area (Å²) in [6.45, 7) is 0. The van der Waals surface area contributed by atoms with Crippen molar-refractivity contribution in [3.63, 3.8) is 0 Å². The minimum absolute atomic E-state index is 0.845. The number of hydrogen-bond donors (Lipinski definition) is 0. The predicted octanol–water partition coefficient (Wildman–Crippen LogP) is 5.06. The lowest BCUT2D eigenvalue weighted by atomic mass is 10.0. The van der Waals surface area contributed by atoms with Crippen molar-refractivity contribution >= 4 is 42.3 Å². The fraction of sp³-hybridized carbons (Fsp3) is 0. The lowest BCUT2D eigenvalue weighted by Gasteiger charge is -2.05. The molecule has 0 unspecified atom stereocenters. The maximum atomic E-state index is 4.65. The average molecular weight is 313 g/mol. The van der Waals surface area contributed by atoms with Gasteiger partial charge in [-0.3, -0.25) is 4.98 Å². The zero-order valence-electron chi connectivity index (χ0n) is 12.1. The van der Waals surface area contributed by atoms with Crippen LogP contribution in [0.25, 0.3) is 42.3 Å². The standard InChI is InChI=1S/C19H11N3S/c1-2-6-13-12(5-1)11-21-22-18(13)19-17-14-7-3-4-8-15(14)23-16(17)9-10-20-19/h1-11H. The van der Waals surface area contributed by atoms with Crippen LogP contribution in [0.2, 0.25) is 0 Å². The highest BCUT2D eigenvalue weighted by Gasteiger charge is 2.15. The topological polar surface area (TPSA) is 38.7 Å². The summed E-state index contributed by atoms with van der Waals surface area (Å²) < 4.78 is 2.50. The van der Waals surface area contributed by atoms with E-state index in [0.717, 1.165) is 22.2 Å². The molecule has 5 rings (SSSR count). The van der Waals surface area contributed by atoms with Crippen LogP contribution in [0.5, 0.6) is 0 Å². The molecule has 0 spiro atoms. The van der Waals surface area contributed by atoms with Gasteiger partial charge < -0.3 is 0 Å². The van der Waals surface area contributed by atoms with Crippen LogP contribution in [0.3, 0.4) is 0 Å². The van der Waals surface area contributed by atoms with E-state index in [0.29, 0.717) is 0 Å². The van der Waals surface area contributed by atoms with E-state index in [1.54, 1.807) is 17.5 Å². The summed E-state index contributed by atoms with van der Waals surface area (Å²) in [5.41, 5.74) is 1.75. The zero-order valence-corrected chi connectivity index (χ0v) is 12.9. The van der Waals surface area contributed by atoms with E-state index >= 15 is 0 Å². The van der Waals surface area contributed by atoms with Gasteiger partial charge in [0.1, 0.15) is 11.4 Å². The van der Waals surface area contributed by atoms with Crippen molar-refractivity contribution < 1.29 is 0 Å². The largest absolute Gasteiger partial charge is 0.254 e. The van der Waals surface area contributed by atoms with E-state index in [1.165, 1.54) is 20.2 Å². The Kier molecular flexibility index (Phi) is 2.66. The third-order valence-corrected chi connectivity index (χ3v) is 5.22. The van der Waals surface area contributed by atoms with Gasteiger partial charge in [0.25, 0.3) is 0 Å². The highest BCUT2D eigenvalue weighted by molar-refractivity contribution is 7.25. The maximum absolute atomic E-state index is 4.65. The van der Waals surface area contributed by atoms with Crippen LogP contribution in [-0.4, -0.2) is 15.2 Å². The zero-order chi connectivity index (χ0) is 15.2. The van der Waals surface area contributed by atoms with Crippen molar-refractivity contribution in [2.75, 3.05) is 0 Å². The summed E-state index contributed by atoms with van der Waals surface area (Å²) in [6, 6.07) is 18.7. The molecule has 3 aromatic heterocycles. The summed E-state index contributed by atoms with van der Waals surface area (Å²) in [6.07, 6.45) is 3.65. The average Bonchev–Trinajstić information content (AvgIpc) is 3.00. The Bertz CT molecular complexity index is 1170. The molecule has 3 heterocycles. The molecule has 108 valence electrons. The highest BCUT2D eigenvalue weighted by Crippen LogP contribution is 2.39. The lowest BCUT2D eigenvalue weighted by Crippen LogP contribution is -1.92. The quantitative estimate of drug-likeness (QED) is 0.434. The Morgan fingerprint density at radius 1 is 0.739 bits per heavy atom. The first-order valence-electron chi connectivity index (χ1n) is 7.39. The van der Waals surface area contributed by atoms with Gasteiger partial charge in [-0.1, -0.05) is 42.5 Å². The Morgan fingerprint density at radius 2 is 1.57 bits per heavy atom. The van der Waals surface area contributed by atoms with Gasteiger partial charge in [0.05, 0.1) is 6.20 Å². The first kappa shape index (κ1) is 12.7. The lowest BCUT2D eigenvalue weighted by molar-refractivity contribution is 1.05. The minimum Gasteiger partial charge on any atom is -0.254 e. The van der Waals surface area contributed by atoms with Gasteiger partial charge >= 0.3 is 0 Å². The molecule has 0 aliphatic heterocycles. The van der Waals surface area contributed by atoms with Crippen LogP contribution in [0.1, 0.15) is 0 Å². The first-order valence-corrected chi connectivity index (χ1v) is 8.20.